The number of carboxylic acids is 1. The maximum absolute atomic E-state index is 12.2. The van der Waals surface area contributed by atoms with Gasteiger partial charge in [0.2, 0.25) is 0 Å². The van der Waals surface area contributed by atoms with E-state index in [4.69, 9.17) is 11.6 Å². The van der Waals surface area contributed by atoms with Crippen LogP contribution in [-0.2, 0) is 11.2 Å². The number of rotatable bonds is 6. The molecule has 0 heterocycles. The van der Waals surface area contributed by atoms with E-state index in [0.29, 0.717) is 10.6 Å². The first kappa shape index (κ1) is 17.4. The van der Waals surface area contributed by atoms with Crippen molar-refractivity contribution >= 4 is 29.2 Å². The van der Waals surface area contributed by atoms with Gasteiger partial charge < -0.3 is 10.4 Å². The van der Waals surface area contributed by atoms with Crippen LogP contribution >= 0.6 is 11.6 Å². The summed E-state index contributed by atoms with van der Waals surface area (Å²) in [6, 6.07) is 10.5. The van der Waals surface area contributed by atoms with Crippen LogP contribution in [0.3, 0.4) is 0 Å². The van der Waals surface area contributed by atoms with Gasteiger partial charge in [-0.25, -0.2) is 4.79 Å². The molecule has 0 aliphatic rings. The lowest BCUT2D eigenvalue weighted by molar-refractivity contribution is -0.384. The van der Waals surface area contributed by atoms with Gasteiger partial charge in [0.15, 0.2) is 0 Å². The second-order valence-corrected chi connectivity index (χ2v) is 5.44. The molecule has 0 spiro atoms. The number of carboxylic acid groups (broad SMARTS) is 1. The number of amides is 1. The lowest BCUT2D eigenvalue weighted by atomic mass is 10.1. The highest BCUT2D eigenvalue weighted by Gasteiger charge is 2.22. The van der Waals surface area contributed by atoms with Crippen molar-refractivity contribution in [3.8, 4) is 0 Å². The molecule has 0 unspecified atom stereocenters. The number of benzene rings is 2. The predicted molar refractivity (Wildman–Crippen MR) is 87.1 cm³/mol. The summed E-state index contributed by atoms with van der Waals surface area (Å²) < 4.78 is 0. The normalized spacial score (nSPS) is 11.5. The molecule has 0 aliphatic heterocycles. The second-order valence-electron chi connectivity index (χ2n) is 5.01. The Hall–Kier alpha value is -2.93. The Morgan fingerprint density at radius 3 is 2.54 bits per heavy atom. The highest BCUT2D eigenvalue weighted by Crippen LogP contribution is 2.15. The number of nitro groups is 1. The van der Waals surface area contributed by atoms with Gasteiger partial charge in [0.1, 0.15) is 6.04 Å². The quantitative estimate of drug-likeness (QED) is 0.616. The van der Waals surface area contributed by atoms with Crippen LogP contribution < -0.4 is 5.32 Å². The topological polar surface area (TPSA) is 110 Å². The van der Waals surface area contributed by atoms with Gasteiger partial charge in [0.25, 0.3) is 11.6 Å². The third-order valence-electron chi connectivity index (χ3n) is 3.25. The van der Waals surface area contributed by atoms with Crippen molar-refractivity contribution in [2.45, 2.75) is 12.5 Å². The van der Waals surface area contributed by atoms with Crippen molar-refractivity contribution in [1.29, 1.82) is 0 Å². The molecule has 0 bridgehead atoms. The summed E-state index contributed by atoms with van der Waals surface area (Å²) in [4.78, 5) is 33.7. The lowest BCUT2D eigenvalue weighted by Crippen LogP contribution is -2.42. The molecule has 0 saturated carbocycles. The zero-order valence-corrected chi connectivity index (χ0v) is 13.1. The van der Waals surface area contributed by atoms with Crippen molar-refractivity contribution in [3.63, 3.8) is 0 Å². The number of carbonyl (C=O) groups is 2. The van der Waals surface area contributed by atoms with Crippen molar-refractivity contribution in [1.82, 2.24) is 5.32 Å². The zero-order chi connectivity index (χ0) is 17.7. The average molecular weight is 349 g/mol. The van der Waals surface area contributed by atoms with Crippen molar-refractivity contribution in [3.05, 3.63) is 74.8 Å². The van der Waals surface area contributed by atoms with E-state index in [0.717, 1.165) is 6.07 Å². The summed E-state index contributed by atoms with van der Waals surface area (Å²) >= 11 is 5.86. The minimum Gasteiger partial charge on any atom is -0.480 e. The molecule has 0 aromatic heterocycles. The Balaban J connectivity index is 2.15. The van der Waals surface area contributed by atoms with Crippen LogP contribution in [0, 0.1) is 10.1 Å². The van der Waals surface area contributed by atoms with Gasteiger partial charge in [-0.3, -0.25) is 14.9 Å². The molecular formula is C16H13ClN2O5. The Bertz CT molecular complexity index is 794. The first-order valence-corrected chi connectivity index (χ1v) is 7.27. The van der Waals surface area contributed by atoms with Gasteiger partial charge in [-0.1, -0.05) is 29.8 Å². The molecule has 0 saturated heterocycles. The number of carbonyl (C=O) groups excluding carboxylic acids is 1. The van der Waals surface area contributed by atoms with E-state index in [1.165, 1.54) is 18.2 Å². The SMILES string of the molecule is O=C(N[C@@H](Cc1cccc(Cl)c1)C(=O)O)c1cccc([N+](=O)[O-])c1. The molecule has 1 atom stereocenters. The summed E-state index contributed by atoms with van der Waals surface area (Å²) in [5, 5.41) is 22.9. The largest absolute Gasteiger partial charge is 0.480 e. The molecule has 0 fully saturated rings. The summed E-state index contributed by atoms with van der Waals surface area (Å²) in [7, 11) is 0. The minimum absolute atomic E-state index is 0.0153. The number of nitrogens with one attached hydrogen (secondary N) is 1. The maximum Gasteiger partial charge on any atom is 0.326 e. The Morgan fingerprint density at radius 1 is 1.21 bits per heavy atom. The van der Waals surface area contributed by atoms with Gasteiger partial charge in [-0.2, -0.15) is 0 Å². The Kier molecular flexibility index (Phi) is 5.49. The van der Waals surface area contributed by atoms with Gasteiger partial charge in [-0.05, 0) is 23.8 Å². The van der Waals surface area contributed by atoms with Crippen LogP contribution in [0.1, 0.15) is 15.9 Å². The molecule has 2 rings (SSSR count). The van der Waals surface area contributed by atoms with Gasteiger partial charge in [0.05, 0.1) is 4.92 Å². The molecular weight excluding hydrogens is 336 g/mol. The molecule has 8 heteroatoms. The van der Waals surface area contributed by atoms with E-state index in [1.54, 1.807) is 24.3 Å². The Morgan fingerprint density at radius 2 is 1.92 bits per heavy atom. The summed E-state index contributed by atoms with van der Waals surface area (Å²) in [6.07, 6.45) is 0.0383. The van der Waals surface area contributed by atoms with Crippen molar-refractivity contribution in [2.75, 3.05) is 0 Å². The zero-order valence-electron chi connectivity index (χ0n) is 12.3. The van der Waals surface area contributed by atoms with Crippen LogP contribution in [0.5, 0.6) is 0 Å². The van der Waals surface area contributed by atoms with Gasteiger partial charge in [0, 0.05) is 29.1 Å². The van der Waals surface area contributed by atoms with Crippen molar-refractivity contribution in [2.24, 2.45) is 0 Å². The smallest absolute Gasteiger partial charge is 0.326 e. The van der Waals surface area contributed by atoms with Crippen LogP contribution in [0.2, 0.25) is 5.02 Å². The van der Waals surface area contributed by atoms with E-state index in [9.17, 15) is 24.8 Å². The third-order valence-corrected chi connectivity index (χ3v) is 3.49. The highest BCUT2D eigenvalue weighted by atomic mass is 35.5. The molecule has 2 aromatic rings. The summed E-state index contributed by atoms with van der Waals surface area (Å²) in [5.41, 5.74) is 0.417. The number of halogens is 1. The molecule has 1 amide bonds. The molecule has 7 nitrogen and oxygen atoms in total. The first-order valence-electron chi connectivity index (χ1n) is 6.89. The number of aliphatic carboxylic acids is 1. The van der Waals surface area contributed by atoms with Crippen LogP contribution in [0.25, 0.3) is 0 Å². The van der Waals surface area contributed by atoms with Crippen LogP contribution in [0.4, 0.5) is 5.69 Å². The molecule has 24 heavy (non-hydrogen) atoms. The number of nitrogens with zero attached hydrogens (tertiary/aromatic N) is 1. The van der Waals surface area contributed by atoms with E-state index in [2.05, 4.69) is 5.32 Å². The number of hydrogen-bond donors (Lipinski definition) is 2. The fourth-order valence-electron chi connectivity index (χ4n) is 2.10. The maximum atomic E-state index is 12.2. The predicted octanol–water partition coefficient (Wildman–Crippen LogP) is 2.67. The van der Waals surface area contributed by atoms with Crippen molar-refractivity contribution < 1.29 is 19.6 Å². The first-order chi connectivity index (χ1) is 11.4. The molecule has 2 N–H and O–H groups in total. The van der Waals surface area contributed by atoms with Crippen LogP contribution in [-0.4, -0.2) is 27.9 Å². The fourth-order valence-corrected chi connectivity index (χ4v) is 2.31. The summed E-state index contributed by atoms with van der Waals surface area (Å²) in [5.74, 6) is -1.91. The van der Waals surface area contributed by atoms with E-state index >= 15 is 0 Å². The second kappa shape index (κ2) is 7.56. The average Bonchev–Trinajstić information content (AvgIpc) is 2.54. The lowest BCUT2D eigenvalue weighted by Gasteiger charge is -2.15. The minimum atomic E-state index is -1.21. The molecule has 0 radical (unpaired) electrons. The molecule has 124 valence electrons. The van der Waals surface area contributed by atoms with Gasteiger partial charge in [-0.15, -0.1) is 0 Å². The standard InChI is InChI=1S/C16H13ClN2O5/c17-12-5-1-3-10(7-12)8-14(16(21)22)18-15(20)11-4-2-6-13(9-11)19(23)24/h1-7,9,14H,8H2,(H,18,20)(H,21,22)/t14-/m0/s1. The van der Waals surface area contributed by atoms with Gasteiger partial charge >= 0.3 is 5.97 Å². The summed E-state index contributed by atoms with van der Waals surface area (Å²) in [6.45, 7) is 0. The third kappa shape index (κ3) is 4.53. The van der Waals surface area contributed by atoms with Crippen LogP contribution in [0.15, 0.2) is 48.5 Å². The number of non-ortho nitro benzene ring substituents is 1. The van der Waals surface area contributed by atoms with E-state index in [-0.39, 0.29) is 17.7 Å². The highest BCUT2D eigenvalue weighted by molar-refractivity contribution is 6.30. The van der Waals surface area contributed by atoms with E-state index in [1.807, 2.05) is 0 Å². The molecule has 2 aromatic carbocycles. The fraction of sp³-hybridized carbons (Fsp3) is 0.125. The Labute approximate surface area is 142 Å². The molecule has 0 aliphatic carbocycles. The monoisotopic (exact) mass is 348 g/mol. The number of nitro benzene ring substituents is 1. The number of hydrogen-bond acceptors (Lipinski definition) is 4. The van der Waals surface area contributed by atoms with E-state index < -0.39 is 22.8 Å².